The molecule has 0 atom stereocenters. The van der Waals surface area contributed by atoms with Gasteiger partial charge in [-0.1, -0.05) is 43.7 Å². The summed E-state index contributed by atoms with van der Waals surface area (Å²) in [7, 11) is 0. The molecule has 7 nitrogen and oxygen atoms in total. The van der Waals surface area contributed by atoms with Crippen molar-refractivity contribution in [2.75, 3.05) is 26.2 Å². The van der Waals surface area contributed by atoms with Crippen LogP contribution in [-0.4, -0.2) is 57.1 Å². The van der Waals surface area contributed by atoms with Crippen molar-refractivity contribution in [3.63, 3.8) is 0 Å². The Morgan fingerprint density at radius 1 is 1.11 bits per heavy atom. The van der Waals surface area contributed by atoms with Gasteiger partial charge in [0.05, 0.1) is 18.2 Å². The molecule has 4 rings (SSSR count). The number of aromatic hydroxyl groups is 2. The predicted molar refractivity (Wildman–Crippen MR) is 138 cm³/mol. The lowest BCUT2D eigenvalue weighted by molar-refractivity contribution is 0.0620. The van der Waals surface area contributed by atoms with Crippen LogP contribution in [0.4, 0.5) is 8.78 Å². The molecule has 0 spiro atoms. The number of aryl methyl sites for hydroxylation is 1. The van der Waals surface area contributed by atoms with Gasteiger partial charge in [-0.3, -0.25) is 9.69 Å². The van der Waals surface area contributed by atoms with E-state index in [0.717, 1.165) is 24.5 Å². The maximum atomic E-state index is 14.1. The summed E-state index contributed by atoms with van der Waals surface area (Å²) in [5.74, 6) is -3.19. The van der Waals surface area contributed by atoms with Gasteiger partial charge in [0.25, 0.3) is 5.91 Å². The zero-order valence-electron chi connectivity index (χ0n) is 21.3. The van der Waals surface area contributed by atoms with Gasteiger partial charge >= 0.3 is 0 Å². The summed E-state index contributed by atoms with van der Waals surface area (Å²) in [5.41, 5.74) is 2.21. The Kier molecular flexibility index (Phi) is 8.54. The highest BCUT2D eigenvalue weighted by Crippen LogP contribution is 2.40. The third-order valence-corrected chi connectivity index (χ3v) is 6.79. The van der Waals surface area contributed by atoms with E-state index in [2.05, 4.69) is 11.1 Å². The third kappa shape index (κ3) is 5.76. The molecule has 1 aromatic heterocycles. The number of hydrogen-bond donors (Lipinski definition) is 2. The highest BCUT2D eigenvalue weighted by atomic mass is 19.2. The number of piperazine rings is 1. The quantitative estimate of drug-likeness (QED) is 0.442. The molecule has 1 fully saturated rings. The Bertz CT molecular complexity index is 1360. The Balaban J connectivity index is 1.59. The molecule has 9 heteroatoms. The van der Waals surface area contributed by atoms with E-state index in [4.69, 9.17) is 5.26 Å². The Morgan fingerprint density at radius 3 is 2.55 bits per heavy atom. The average Bonchev–Trinajstić information content (AvgIpc) is 2.90. The summed E-state index contributed by atoms with van der Waals surface area (Å²) < 4.78 is 27.6. The number of hydrogen-bond acceptors (Lipinski definition) is 6. The molecule has 2 N–H and O–H groups in total. The van der Waals surface area contributed by atoms with E-state index in [-0.39, 0.29) is 42.9 Å². The van der Waals surface area contributed by atoms with Gasteiger partial charge in [0.2, 0.25) is 5.88 Å². The predicted octanol–water partition coefficient (Wildman–Crippen LogP) is 4.80. The van der Waals surface area contributed by atoms with Crippen LogP contribution in [0.25, 0.3) is 11.1 Å². The number of pyridine rings is 1. The lowest BCUT2D eigenvalue weighted by atomic mass is 9.95. The van der Waals surface area contributed by atoms with Crippen molar-refractivity contribution in [1.82, 2.24) is 14.8 Å². The van der Waals surface area contributed by atoms with Crippen LogP contribution in [0.5, 0.6) is 11.6 Å². The van der Waals surface area contributed by atoms with Crippen molar-refractivity contribution in [3.8, 4) is 28.8 Å². The fraction of sp³-hybridized carbons (Fsp3) is 0.345. The molecule has 0 saturated carbocycles. The lowest BCUT2D eigenvalue weighted by Crippen LogP contribution is -2.48. The molecule has 2 aromatic carbocycles. The van der Waals surface area contributed by atoms with Crippen LogP contribution < -0.4 is 0 Å². The van der Waals surface area contributed by atoms with Crippen LogP contribution in [0.1, 0.15) is 46.9 Å². The Morgan fingerprint density at radius 2 is 1.84 bits per heavy atom. The molecule has 0 bridgehead atoms. The van der Waals surface area contributed by atoms with E-state index in [1.54, 1.807) is 18.2 Å². The minimum Gasteiger partial charge on any atom is -0.506 e. The molecule has 0 aliphatic carbocycles. The Hall–Kier alpha value is -4.03. The molecule has 1 amide bonds. The molecule has 0 radical (unpaired) electrons. The number of rotatable bonds is 8. The number of amides is 1. The van der Waals surface area contributed by atoms with E-state index in [9.17, 15) is 23.8 Å². The molecule has 0 unspecified atom stereocenters. The van der Waals surface area contributed by atoms with Crippen molar-refractivity contribution in [2.45, 2.75) is 39.2 Å². The van der Waals surface area contributed by atoms with Crippen LogP contribution >= 0.6 is 0 Å². The highest BCUT2D eigenvalue weighted by Gasteiger charge is 2.30. The molecule has 38 heavy (non-hydrogen) atoms. The van der Waals surface area contributed by atoms with E-state index in [1.165, 1.54) is 17.0 Å². The van der Waals surface area contributed by atoms with Crippen LogP contribution in [0.3, 0.4) is 0 Å². The molecule has 1 aliphatic rings. The maximum Gasteiger partial charge on any atom is 0.263 e. The first-order valence-electron chi connectivity index (χ1n) is 12.7. The molecule has 2 heterocycles. The second kappa shape index (κ2) is 12.0. The van der Waals surface area contributed by atoms with Gasteiger partial charge in [-0.2, -0.15) is 5.26 Å². The summed E-state index contributed by atoms with van der Waals surface area (Å²) in [6, 6.07) is 13.3. The normalized spacial score (nSPS) is 13.9. The van der Waals surface area contributed by atoms with Gasteiger partial charge in [0.1, 0.15) is 11.3 Å². The van der Waals surface area contributed by atoms with Crippen LogP contribution in [0.2, 0.25) is 0 Å². The molecule has 1 aliphatic heterocycles. The summed E-state index contributed by atoms with van der Waals surface area (Å²) in [4.78, 5) is 21.2. The summed E-state index contributed by atoms with van der Waals surface area (Å²) in [6.07, 6.45) is 2.35. The van der Waals surface area contributed by atoms with Crippen molar-refractivity contribution < 1.29 is 23.8 Å². The second-order valence-electron chi connectivity index (χ2n) is 9.40. The van der Waals surface area contributed by atoms with E-state index >= 15 is 0 Å². The summed E-state index contributed by atoms with van der Waals surface area (Å²) >= 11 is 0. The number of unbranched alkanes of at least 4 members (excludes halogenated alkanes) is 1. The number of nitriles is 1. The first-order chi connectivity index (χ1) is 18.3. The first kappa shape index (κ1) is 27.0. The fourth-order valence-corrected chi connectivity index (χ4v) is 4.74. The van der Waals surface area contributed by atoms with E-state index in [1.807, 2.05) is 17.9 Å². The highest BCUT2D eigenvalue weighted by molar-refractivity contribution is 6.01. The van der Waals surface area contributed by atoms with Gasteiger partial charge in [0.15, 0.2) is 11.6 Å². The van der Waals surface area contributed by atoms with Crippen LogP contribution in [-0.2, 0) is 19.4 Å². The van der Waals surface area contributed by atoms with Gasteiger partial charge in [-0.15, -0.1) is 0 Å². The second-order valence-corrected chi connectivity index (χ2v) is 9.40. The van der Waals surface area contributed by atoms with Crippen molar-refractivity contribution in [2.24, 2.45) is 0 Å². The van der Waals surface area contributed by atoms with Crippen molar-refractivity contribution in [1.29, 1.82) is 5.26 Å². The van der Waals surface area contributed by atoms with Crippen molar-refractivity contribution >= 4 is 5.91 Å². The number of halogens is 2. The Labute approximate surface area is 220 Å². The molecule has 1 saturated heterocycles. The minimum absolute atomic E-state index is 0.194. The van der Waals surface area contributed by atoms with Gasteiger partial charge < -0.3 is 15.1 Å². The lowest BCUT2D eigenvalue weighted by Gasteiger charge is -2.35. The summed E-state index contributed by atoms with van der Waals surface area (Å²) in [5, 5.41) is 31.2. The fourth-order valence-electron chi connectivity index (χ4n) is 4.74. The van der Waals surface area contributed by atoms with E-state index < -0.39 is 23.4 Å². The smallest absolute Gasteiger partial charge is 0.263 e. The molecular weight excluding hydrogens is 490 g/mol. The van der Waals surface area contributed by atoms with Gasteiger partial charge in [0, 0.05) is 43.9 Å². The number of carbonyl (C=O) groups is 1. The number of carbonyl (C=O) groups excluding carboxylic acids is 1. The maximum absolute atomic E-state index is 14.1. The number of aromatic nitrogens is 1. The average molecular weight is 521 g/mol. The molecule has 198 valence electrons. The van der Waals surface area contributed by atoms with E-state index in [0.29, 0.717) is 36.3 Å². The molecular formula is C29H30F2N4O3. The number of benzene rings is 2. The third-order valence-electron chi connectivity index (χ3n) is 6.79. The topological polar surface area (TPSA) is 101 Å². The standard InChI is InChI=1S/C29H30F2N4O3/c1-2-3-10-23-24(20-7-4-6-19(17-20)11-12-32)27(36)25(28(37)33-23)29(38)35-15-13-34(14-16-35)18-21-8-5-9-22(30)26(21)31/h4-9,17H,2-3,10-11,13-16,18H2,1H3,(H2,33,36,37). The summed E-state index contributed by atoms with van der Waals surface area (Å²) in [6.45, 7) is 3.60. The molecule has 3 aromatic rings. The van der Waals surface area contributed by atoms with Crippen LogP contribution in [0, 0.1) is 23.0 Å². The zero-order chi connectivity index (χ0) is 27.2. The van der Waals surface area contributed by atoms with Crippen molar-refractivity contribution in [3.05, 3.63) is 76.5 Å². The number of nitrogens with zero attached hydrogens (tertiary/aromatic N) is 4. The minimum atomic E-state index is -0.897. The largest absolute Gasteiger partial charge is 0.506 e. The van der Waals surface area contributed by atoms with Gasteiger partial charge in [-0.25, -0.2) is 13.8 Å². The monoisotopic (exact) mass is 520 g/mol. The van der Waals surface area contributed by atoms with Crippen LogP contribution in [0.15, 0.2) is 42.5 Å². The zero-order valence-corrected chi connectivity index (χ0v) is 21.3. The SMILES string of the molecule is CCCCc1nc(O)c(C(=O)N2CCN(Cc3cccc(F)c3F)CC2)c(O)c1-c1cccc(CC#N)c1. The van der Waals surface area contributed by atoms with Gasteiger partial charge in [-0.05, 0) is 36.1 Å². The first-order valence-corrected chi connectivity index (χ1v) is 12.7.